The highest BCUT2D eigenvalue weighted by Crippen LogP contribution is 2.37. The fraction of sp³-hybridized carbons (Fsp3) is 0.179. The number of rotatable bonds is 18. The van der Waals surface area contributed by atoms with Gasteiger partial charge in [0, 0.05) is 78.6 Å². The third-order valence-electron chi connectivity index (χ3n) is 28.5. The molecule has 17 aromatic carbocycles. The topological polar surface area (TPSA) is 6.48 Å². The van der Waals surface area contributed by atoms with Crippen LogP contribution in [0.15, 0.2) is 315 Å². The third kappa shape index (κ3) is 20.4. The van der Waals surface area contributed by atoms with E-state index < -0.39 is 0 Å². The van der Waals surface area contributed by atoms with Crippen molar-refractivity contribution in [2.75, 3.05) is 9.80 Å². The van der Waals surface area contributed by atoms with Gasteiger partial charge in [-0.15, -0.1) is 0 Å². The van der Waals surface area contributed by atoms with Crippen molar-refractivity contribution in [3.05, 3.63) is 493 Å². The molecule has 0 saturated carbocycles. The van der Waals surface area contributed by atoms with Crippen molar-refractivity contribution in [3.8, 4) is 47.4 Å². The highest BCUT2D eigenvalue weighted by atomic mass is 15.1. The average molecular weight is 1810 g/mol. The van der Waals surface area contributed by atoms with E-state index in [4.69, 9.17) is 0 Å². The van der Waals surface area contributed by atoms with Crippen molar-refractivity contribution in [1.29, 1.82) is 0 Å². The van der Waals surface area contributed by atoms with Crippen molar-refractivity contribution in [2.45, 2.75) is 166 Å². The summed E-state index contributed by atoms with van der Waals surface area (Å²) >= 11 is 0. The number of nitrogens with zero attached hydrogens (tertiary/aromatic N) is 2. The summed E-state index contributed by atoms with van der Waals surface area (Å²) < 4.78 is 0. The Morgan fingerprint density at radius 2 is 0.271 bits per heavy atom. The molecule has 17 rings (SSSR count). The highest BCUT2D eigenvalue weighted by molar-refractivity contribution is 7.00. The molecule has 0 N–H and O–H groups in total. The van der Waals surface area contributed by atoms with Gasteiger partial charge in [0.05, 0.1) is 0 Å². The Bertz CT molecular complexity index is 6990. The van der Waals surface area contributed by atoms with E-state index in [1.54, 1.807) is 0 Å². The third-order valence-corrected chi connectivity index (χ3v) is 28.5. The minimum atomic E-state index is -0.248. The SMILES string of the molecule is Cc1cc(C)c(B(c2cc(C#Cc3ccc(N(c4ccccc4)c4ccccc4)cc3)c(B(c3c(C)cc(C)cc3C)c3c(C)cc(C)cc3C)cc2C#Cc2ccc(C#Cc3cc(B(c4c(C)cc(C)cc4C)c4c(C)cc(C)cc4C)c(C#Cc4ccc(N(c5ccccc5)c5ccccc5)cc4)cc3B(c3c(C)cc(C)cc3C)c3c(C)cc(C)cc3C)cc2)c2c(C)cc(C)cc2C)c(C)c1. The van der Waals surface area contributed by atoms with Gasteiger partial charge in [0.15, 0.2) is 0 Å². The Balaban J connectivity index is 0.903. The number of hydrogen-bond acceptors (Lipinski definition) is 2. The minimum absolute atomic E-state index is 0.241. The lowest BCUT2D eigenvalue weighted by Gasteiger charge is -2.28. The number of aryl methyl sites for hydroxylation is 24. The lowest BCUT2D eigenvalue weighted by Crippen LogP contribution is -2.59. The molecule has 0 saturated heterocycles. The van der Waals surface area contributed by atoms with Gasteiger partial charge in [0.2, 0.25) is 26.9 Å². The largest absolute Gasteiger partial charge is 0.311 e. The van der Waals surface area contributed by atoms with E-state index in [0.717, 1.165) is 100 Å². The molecule has 0 unspecified atom stereocenters. The van der Waals surface area contributed by atoms with Crippen LogP contribution in [0.1, 0.15) is 178 Å². The van der Waals surface area contributed by atoms with Crippen LogP contribution < -0.4 is 75.4 Å². The van der Waals surface area contributed by atoms with Gasteiger partial charge in [-0.2, -0.15) is 0 Å². The molecule has 0 bridgehead atoms. The highest BCUT2D eigenvalue weighted by Gasteiger charge is 2.39. The predicted octanol–water partition coefficient (Wildman–Crippen LogP) is 23.7. The Kier molecular flexibility index (Phi) is 28.4. The zero-order valence-corrected chi connectivity index (χ0v) is 86.2. The summed E-state index contributed by atoms with van der Waals surface area (Å²) in [4.78, 5) is 4.62. The zero-order chi connectivity index (χ0) is 98.8. The van der Waals surface area contributed by atoms with Crippen LogP contribution in [0.2, 0.25) is 0 Å². The van der Waals surface area contributed by atoms with E-state index in [-0.39, 0.29) is 26.9 Å². The molecule has 0 amide bonds. The van der Waals surface area contributed by atoms with E-state index in [0.29, 0.717) is 0 Å². The van der Waals surface area contributed by atoms with Gasteiger partial charge >= 0.3 is 0 Å². The maximum Gasteiger partial charge on any atom is 0.244 e. The standard InChI is InChI=1S/C134H124B4N2/c1-85-65-93(9)127(94(10)66-85)135(128-95(11)67-86(2)68-96(128)12)123-83-115(59-51-111-53-61-121(62-54-111)139(117-37-29-25-30-38-117)118-39-31-26-32-40-118)125(137(131-101(17)73-89(5)74-102(131)18)132-103(19)75-90(6)76-104(132)20)81-113(123)57-49-109-45-47-110(48-46-109)50-58-114-82-126(138(133-105(21)77-91(7)78-106(133)22)134-107(23)79-92(8)80-108(134)24)116(60-52-112-55-63-122(64-56-112)140(119-41-33-27-34-42-119)120-43-35-28-36-44-120)84-124(114)136(129-97(13)69-87(3)70-98(129)14)130-99(15)71-88(4)72-100(130)16/h25-48,53-56,61-84H,1-24H3. The summed E-state index contributed by atoms with van der Waals surface area (Å²) in [6.07, 6.45) is 0. The second-order valence-electron chi connectivity index (χ2n) is 40.0. The molecule has 6 heteroatoms. The molecule has 0 radical (unpaired) electrons. The number of benzene rings is 17. The van der Waals surface area contributed by atoms with Crippen LogP contribution in [0.5, 0.6) is 0 Å². The summed E-state index contributed by atoms with van der Waals surface area (Å²) in [5, 5.41) is 0. The quantitative estimate of drug-likeness (QED) is 0.0624. The molecule has 0 aliphatic rings. The van der Waals surface area contributed by atoms with Gasteiger partial charge in [0.25, 0.3) is 0 Å². The summed E-state index contributed by atoms with van der Waals surface area (Å²) in [6, 6.07) is 117. The van der Waals surface area contributed by atoms with E-state index in [1.807, 2.05) is 0 Å². The number of para-hydroxylation sites is 4. The average Bonchev–Trinajstić information content (AvgIpc) is 0.738. The number of hydrogen-bond donors (Lipinski definition) is 0. The molecule has 0 aromatic heterocycles. The van der Waals surface area contributed by atoms with Gasteiger partial charge in [-0.3, -0.25) is 0 Å². The fourth-order valence-corrected chi connectivity index (χ4v) is 23.4. The second-order valence-corrected chi connectivity index (χ2v) is 40.0. The molecule has 0 heterocycles. The maximum atomic E-state index is 4.08. The smallest absolute Gasteiger partial charge is 0.244 e. The van der Waals surface area contributed by atoms with Gasteiger partial charge < -0.3 is 9.80 Å². The van der Waals surface area contributed by atoms with Gasteiger partial charge in [-0.1, -0.05) is 441 Å². The summed E-state index contributed by atoms with van der Waals surface area (Å²) in [7, 11) is 0. The van der Waals surface area contributed by atoms with Crippen LogP contribution in [-0.2, 0) is 0 Å². The Morgan fingerprint density at radius 1 is 0.143 bits per heavy atom. The summed E-state index contributed by atoms with van der Waals surface area (Å²) in [6.45, 7) is 53.7. The van der Waals surface area contributed by atoms with Crippen molar-refractivity contribution < 1.29 is 0 Å². The van der Waals surface area contributed by atoms with Crippen LogP contribution in [0.25, 0.3) is 0 Å². The van der Waals surface area contributed by atoms with Gasteiger partial charge in [-0.05, 0) is 287 Å². The normalized spacial score (nSPS) is 10.9. The first-order valence-corrected chi connectivity index (χ1v) is 49.5. The van der Waals surface area contributed by atoms with Crippen LogP contribution >= 0.6 is 0 Å². The minimum Gasteiger partial charge on any atom is -0.311 e. The Hall–Kier alpha value is -15.2. The van der Waals surface area contributed by atoms with Crippen molar-refractivity contribution in [1.82, 2.24) is 0 Å². The fourth-order valence-electron chi connectivity index (χ4n) is 23.4. The van der Waals surface area contributed by atoms with Crippen LogP contribution in [0.4, 0.5) is 34.1 Å². The first-order chi connectivity index (χ1) is 67.3. The maximum absolute atomic E-state index is 4.08. The van der Waals surface area contributed by atoms with E-state index in [9.17, 15) is 0 Å². The summed E-state index contributed by atoms with van der Waals surface area (Å²) in [5.41, 5.74) is 58.1. The van der Waals surface area contributed by atoms with Crippen LogP contribution in [0, 0.1) is 214 Å². The van der Waals surface area contributed by atoms with Crippen LogP contribution in [-0.4, -0.2) is 26.9 Å². The zero-order valence-electron chi connectivity index (χ0n) is 86.2. The number of anilines is 6. The Labute approximate surface area is 837 Å². The van der Waals surface area contributed by atoms with Gasteiger partial charge in [0.1, 0.15) is 0 Å². The van der Waals surface area contributed by atoms with E-state index >= 15 is 0 Å². The van der Waals surface area contributed by atoms with E-state index in [1.165, 1.54) is 177 Å². The lowest BCUT2D eigenvalue weighted by atomic mass is 9.31. The summed E-state index contributed by atoms with van der Waals surface area (Å²) in [5.74, 6) is 31.8. The van der Waals surface area contributed by atoms with Crippen molar-refractivity contribution in [2.24, 2.45) is 0 Å². The van der Waals surface area contributed by atoms with E-state index in [2.05, 4.69) is 539 Å². The van der Waals surface area contributed by atoms with Crippen LogP contribution in [0.3, 0.4) is 0 Å². The molecule has 0 aliphatic carbocycles. The van der Waals surface area contributed by atoms with Crippen molar-refractivity contribution >= 4 is 127 Å². The molecule has 0 aliphatic heterocycles. The Morgan fingerprint density at radius 3 is 0.414 bits per heavy atom. The first kappa shape index (κ1) is 96.5. The molecule has 0 atom stereocenters. The monoisotopic (exact) mass is 1810 g/mol. The second kappa shape index (κ2) is 41.3. The lowest BCUT2D eigenvalue weighted by molar-refractivity contribution is 1.28. The molecule has 682 valence electrons. The molecular formula is C134H124B4N2. The molecular weight excluding hydrogens is 1680 g/mol. The van der Waals surface area contributed by atoms with Crippen molar-refractivity contribution in [3.63, 3.8) is 0 Å². The molecule has 2 nitrogen and oxygen atoms in total. The molecule has 140 heavy (non-hydrogen) atoms. The first-order valence-electron chi connectivity index (χ1n) is 49.5. The predicted molar refractivity (Wildman–Crippen MR) is 609 cm³/mol. The molecule has 0 spiro atoms. The van der Waals surface area contributed by atoms with Gasteiger partial charge in [-0.25, -0.2) is 0 Å². The molecule has 0 fully saturated rings. The molecule has 17 aromatic rings.